The molecule has 0 aliphatic carbocycles. The van der Waals surface area contributed by atoms with Gasteiger partial charge < -0.3 is 9.42 Å². The summed E-state index contributed by atoms with van der Waals surface area (Å²) < 4.78 is 57.9. The minimum atomic E-state index is -4.00. The molecule has 0 spiro atoms. The number of carbonyl (C=O) groups excluding carboxylic acids is 1. The molecule has 0 aliphatic heterocycles. The van der Waals surface area contributed by atoms with Crippen LogP contribution >= 0.6 is 0 Å². The Kier molecular flexibility index (Phi) is 7.30. The van der Waals surface area contributed by atoms with Crippen LogP contribution in [0.15, 0.2) is 47.0 Å². The number of amides is 1. The first-order valence-electron chi connectivity index (χ1n) is 10.8. The lowest BCUT2D eigenvalue weighted by molar-refractivity contribution is -0.131. The Morgan fingerprint density at radius 1 is 1.09 bits per heavy atom. The van der Waals surface area contributed by atoms with Gasteiger partial charge in [-0.2, -0.15) is 4.98 Å². The molecule has 1 amide bonds. The topological polar surface area (TPSA) is 96.6 Å². The molecule has 3 aromatic rings. The van der Waals surface area contributed by atoms with Gasteiger partial charge in [0.15, 0.2) is 11.6 Å². The molecule has 0 radical (unpaired) electrons. The molecule has 0 saturated carbocycles. The first-order valence-corrected chi connectivity index (χ1v) is 12.7. The zero-order valence-corrected chi connectivity index (χ0v) is 21.2. The molecular weight excluding hydrogens is 478 g/mol. The van der Waals surface area contributed by atoms with Gasteiger partial charge in [-0.1, -0.05) is 50.2 Å². The van der Waals surface area contributed by atoms with E-state index in [0.717, 1.165) is 39.9 Å². The number of hydrogen-bond acceptors (Lipinski definition) is 6. The van der Waals surface area contributed by atoms with Crippen molar-refractivity contribution in [1.29, 1.82) is 0 Å². The summed E-state index contributed by atoms with van der Waals surface area (Å²) in [4.78, 5) is 18.6. The number of likely N-dealkylation sites (N-methyl/N-ethyl adjacent to an activating group) is 1. The molecule has 3 rings (SSSR count). The highest BCUT2D eigenvalue weighted by molar-refractivity contribution is 7.92. The fourth-order valence-electron chi connectivity index (χ4n) is 3.58. The number of hydrogen-bond donors (Lipinski definition) is 0. The minimum absolute atomic E-state index is 0.000242. The number of benzene rings is 2. The van der Waals surface area contributed by atoms with Gasteiger partial charge in [0, 0.05) is 18.7 Å². The van der Waals surface area contributed by atoms with Gasteiger partial charge in [-0.15, -0.1) is 0 Å². The molecule has 11 heteroatoms. The summed E-state index contributed by atoms with van der Waals surface area (Å²) >= 11 is 0. The number of carbonyl (C=O) groups is 1. The van der Waals surface area contributed by atoms with Crippen LogP contribution in [0.2, 0.25) is 0 Å². The van der Waals surface area contributed by atoms with E-state index in [1.165, 1.54) is 18.9 Å². The molecule has 1 atom stereocenters. The van der Waals surface area contributed by atoms with Crippen LogP contribution in [0.3, 0.4) is 0 Å². The molecule has 2 aromatic carbocycles. The third-order valence-electron chi connectivity index (χ3n) is 5.45. The highest BCUT2D eigenvalue weighted by atomic mass is 32.2. The second kappa shape index (κ2) is 9.73. The van der Waals surface area contributed by atoms with Crippen LogP contribution in [0.1, 0.15) is 39.1 Å². The Hall–Kier alpha value is -3.34. The zero-order valence-electron chi connectivity index (χ0n) is 20.4. The third-order valence-corrected chi connectivity index (χ3v) is 6.69. The summed E-state index contributed by atoms with van der Waals surface area (Å²) in [6.07, 6.45) is 0.882. The highest BCUT2D eigenvalue weighted by Crippen LogP contribution is 2.26. The van der Waals surface area contributed by atoms with Crippen molar-refractivity contribution in [1.82, 2.24) is 15.0 Å². The van der Waals surface area contributed by atoms with Gasteiger partial charge in [0.2, 0.25) is 27.6 Å². The van der Waals surface area contributed by atoms with Gasteiger partial charge in [0.05, 0.1) is 18.5 Å². The van der Waals surface area contributed by atoms with Crippen LogP contribution in [-0.2, 0) is 26.8 Å². The van der Waals surface area contributed by atoms with E-state index < -0.39 is 33.6 Å². The van der Waals surface area contributed by atoms with E-state index in [2.05, 4.69) is 30.9 Å². The van der Waals surface area contributed by atoms with E-state index in [-0.39, 0.29) is 23.5 Å². The fraction of sp³-hybridized carbons (Fsp3) is 0.375. The van der Waals surface area contributed by atoms with Crippen molar-refractivity contribution in [3.8, 4) is 11.4 Å². The number of anilines is 1. The summed E-state index contributed by atoms with van der Waals surface area (Å²) in [5.74, 6) is -2.44. The monoisotopic (exact) mass is 506 g/mol. The van der Waals surface area contributed by atoms with Crippen molar-refractivity contribution in [2.24, 2.45) is 0 Å². The average Bonchev–Trinajstić information content (AvgIpc) is 3.22. The number of sulfonamides is 1. The molecule has 8 nitrogen and oxygen atoms in total. The second-order valence-corrected chi connectivity index (χ2v) is 11.2. The van der Waals surface area contributed by atoms with Gasteiger partial charge in [-0.25, -0.2) is 17.2 Å². The van der Waals surface area contributed by atoms with Crippen LogP contribution in [0.25, 0.3) is 11.4 Å². The Labute approximate surface area is 203 Å². The molecule has 0 N–H and O–H groups in total. The van der Waals surface area contributed by atoms with E-state index in [4.69, 9.17) is 4.52 Å². The Balaban J connectivity index is 1.77. The first-order chi connectivity index (χ1) is 16.2. The summed E-state index contributed by atoms with van der Waals surface area (Å²) in [6.45, 7) is 7.61. The fourth-order valence-corrected chi connectivity index (χ4v) is 4.74. The predicted molar refractivity (Wildman–Crippen MR) is 128 cm³/mol. The number of rotatable bonds is 7. The molecule has 188 valence electrons. The van der Waals surface area contributed by atoms with E-state index in [9.17, 15) is 22.0 Å². The van der Waals surface area contributed by atoms with Gasteiger partial charge in [-0.3, -0.25) is 9.10 Å². The van der Waals surface area contributed by atoms with E-state index >= 15 is 0 Å². The molecule has 0 fully saturated rings. The minimum Gasteiger partial charge on any atom is -0.337 e. The van der Waals surface area contributed by atoms with Gasteiger partial charge in [-0.05, 0) is 30.0 Å². The number of nitrogens with zero attached hydrogens (tertiary/aromatic N) is 4. The van der Waals surface area contributed by atoms with E-state index in [1.54, 1.807) is 0 Å². The number of aromatic nitrogens is 2. The lowest BCUT2D eigenvalue weighted by Crippen LogP contribution is -2.48. The van der Waals surface area contributed by atoms with Crippen molar-refractivity contribution >= 4 is 21.6 Å². The number of halogens is 2. The van der Waals surface area contributed by atoms with Crippen molar-refractivity contribution in [3.05, 3.63) is 65.6 Å². The van der Waals surface area contributed by atoms with Crippen molar-refractivity contribution in [3.63, 3.8) is 0 Å². The van der Waals surface area contributed by atoms with Gasteiger partial charge in [0.25, 0.3) is 0 Å². The van der Waals surface area contributed by atoms with Crippen LogP contribution in [-0.4, -0.2) is 48.7 Å². The standard InChI is InChI=1S/C24H28F2N4O4S/c1-15(30(35(6,32)33)18-11-12-19(25)20(26)13-18)23(31)29(5)14-21-27-22(28-34-21)16-7-9-17(10-8-16)24(2,3)4/h7-13,15H,14H2,1-6H3/t15-/m1/s1. The van der Waals surface area contributed by atoms with E-state index in [0.29, 0.717) is 5.82 Å². The van der Waals surface area contributed by atoms with Crippen molar-refractivity contribution in [2.45, 2.75) is 45.7 Å². The summed E-state index contributed by atoms with van der Waals surface area (Å²) in [5, 5.41) is 3.97. The lowest BCUT2D eigenvalue weighted by Gasteiger charge is -2.30. The van der Waals surface area contributed by atoms with Crippen LogP contribution in [0.5, 0.6) is 0 Å². The summed E-state index contributed by atoms with van der Waals surface area (Å²) in [5.41, 5.74) is 1.73. The van der Waals surface area contributed by atoms with Crippen molar-refractivity contribution < 1.29 is 26.5 Å². The highest BCUT2D eigenvalue weighted by Gasteiger charge is 2.32. The van der Waals surface area contributed by atoms with Crippen LogP contribution < -0.4 is 4.31 Å². The maximum Gasteiger partial charge on any atom is 0.246 e. The summed E-state index contributed by atoms with van der Waals surface area (Å²) in [7, 11) is -2.55. The zero-order chi connectivity index (χ0) is 26.1. The van der Waals surface area contributed by atoms with Crippen LogP contribution in [0, 0.1) is 11.6 Å². The Morgan fingerprint density at radius 3 is 2.26 bits per heavy atom. The quantitative estimate of drug-likeness (QED) is 0.478. The molecule has 0 aliphatic rings. The molecule has 1 aromatic heterocycles. The first kappa shape index (κ1) is 26.3. The largest absolute Gasteiger partial charge is 0.337 e. The summed E-state index contributed by atoms with van der Waals surface area (Å²) in [6, 6.07) is 9.13. The van der Waals surface area contributed by atoms with Gasteiger partial charge in [0.1, 0.15) is 6.04 Å². The maximum atomic E-state index is 13.7. The molecule has 0 unspecified atom stereocenters. The molecule has 0 saturated heterocycles. The normalized spacial score (nSPS) is 12.9. The third kappa shape index (κ3) is 6.02. The van der Waals surface area contributed by atoms with Gasteiger partial charge >= 0.3 is 0 Å². The average molecular weight is 507 g/mol. The second-order valence-electron chi connectivity index (χ2n) is 9.37. The Morgan fingerprint density at radius 2 is 1.71 bits per heavy atom. The SMILES string of the molecule is C[C@H](C(=O)N(C)Cc1nc(-c2ccc(C(C)(C)C)cc2)no1)N(c1ccc(F)c(F)c1)S(C)(=O)=O. The smallest absolute Gasteiger partial charge is 0.246 e. The van der Waals surface area contributed by atoms with Crippen LogP contribution in [0.4, 0.5) is 14.5 Å². The lowest BCUT2D eigenvalue weighted by atomic mass is 9.87. The van der Waals surface area contributed by atoms with Crippen molar-refractivity contribution in [2.75, 3.05) is 17.6 Å². The molecule has 0 bridgehead atoms. The molecular formula is C24H28F2N4O4S. The molecule has 1 heterocycles. The Bertz CT molecular complexity index is 1320. The molecule has 35 heavy (non-hydrogen) atoms. The predicted octanol–water partition coefficient (Wildman–Crippen LogP) is 4.13. The van der Waals surface area contributed by atoms with E-state index in [1.807, 2.05) is 24.3 Å². The maximum absolute atomic E-state index is 13.7.